The van der Waals surface area contributed by atoms with Crippen LogP contribution in [-0.2, 0) is 0 Å². The van der Waals surface area contributed by atoms with Crippen LogP contribution in [0.3, 0.4) is 0 Å². The maximum absolute atomic E-state index is 13.1. The van der Waals surface area contributed by atoms with Gasteiger partial charge >= 0.3 is 0 Å². The first kappa shape index (κ1) is 10.2. The van der Waals surface area contributed by atoms with Gasteiger partial charge in [-0.25, -0.2) is 9.37 Å². The summed E-state index contributed by atoms with van der Waals surface area (Å²) in [7, 11) is 1.50. The number of hydrogen-bond acceptors (Lipinski definition) is 2. The van der Waals surface area contributed by atoms with Crippen molar-refractivity contribution in [2.75, 3.05) is 7.11 Å². The van der Waals surface area contributed by atoms with E-state index >= 15 is 0 Å². The second-order valence-electron chi connectivity index (χ2n) is 3.21. The lowest BCUT2D eigenvalue weighted by atomic mass is 10.1. The van der Waals surface area contributed by atoms with Gasteiger partial charge in [0.15, 0.2) is 0 Å². The van der Waals surface area contributed by atoms with Crippen molar-refractivity contribution >= 4 is 22.4 Å². The van der Waals surface area contributed by atoms with E-state index < -0.39 is 0 Å². The van der Waals surface area contributed by atoms with Gasteiger partial charge in [0.2, 0.25) is 5.88 Å². The number of nitrogens with zero attached hydrogens (tertiary/aromatic N) is 1. The third kappa shape index (κ3) is 1.63. The van der Waals surface area contributed by atoms with Crippen molar-refractivity contribution in [2.45, 2.75) is 6.92 Å². The molecule has 0 N–H and O–H groups in total. The first-order chi connectivity index (χ1) is 7.13. The number of hydrogen-bond donors (Lipinski definition) is 0. The average molecular weight is 226 g/mol. The molecule has 4 heteroatoms. The average Bonchev–Trinajstić information content (AvgIpc) is 2.23. The third-order valence-corrected chi connectivity index (χ3v) is 2.71. The Labute approximate surface area is 91.6 Å². The summed E-state index contributed by atoms with van der Waals surface area (Å²) in [6, 6.07) is 4.36. The molecular weight excluding hydrogens is 217 g/mol. The Morgan fingerprint density at radius 2 is 2.07 bits per heavy atom. The molecule has 2 aromatic rings. The van der Waals surface area contributed by atoms with Crippen molar-refractivity contribution in [2.24, 2.45) is 0 Å². The monoisotopic (exact) mass is 225 g/mol. The number of pyridine rings is 1. The predicted octanol–water partition coefficient (Wildman–Crippen LogP) is 3.34. The fourth-order valence-corrected chi connectivity index (χ4v) is 1.70. The lowest BCUT2D eigenvalue weighted by Gasteiger charge is -2.08. The minimum Gasteiger partial charge on any atom is -0.481 e. The van der Waals surface area contributed by atoms with E-state index in [0.29, 0.717) is 22.0 Å². The van der Waals surface area contributed by atoms with E-state index in [1.165, 1.54) is 19.2 Å². The standard InChI is InChI=1S/C11H9ClFNO/c1-6-10(12)8-4-3-7(13)5-9(8)11(14-6)15-2/h3-5H,1-2H3. The molecule has 1 aromatic carbocycles. The number of rotatable bonds is 1. The van der Waals surface area contributed by atoms with Gasteiger partial charge < -0.3 is 4.74 Å². The van der Waals surface area contributed by atoms with Crippen LogP contribution in [0.4, 0.5) is 4.39 Å². The molecule has 2 nitrogen and oxygen atoms in total. The zero-order valence-electron chi connectivity index (χ0n) is 8.34. The van der Waals surface area contributed by atoms with Crippen molar-refractivity contribution in [3.05, 3.63) is 34.7 Å². The van der Waals surface area contributed by atoms with Crippen molar-refractivity contribution in [1.82, 2.24) is 4.98 Å². The summed E-state index contributed by atoms with van der Waals surface area (Å²) < 4.78 is 18.1. The molecule has 0 amide bonds. The number of fused-ring (bicyclic) bond motifs is 1. The molecular formula is C11H9ClFNO. The summed E-state index contributed by atoms with van der Waals surface area (Å²) in [6.07, 6.45) is 0. The Hall–Kier alpha value is -1.35. The zero-order valence-corrected chi connectivity index (χ0v) is 9.10. The Morgan fingerprint density at radius 1 is 1.33 bits per heavy atom. The van der Waals surface area contributed by atoms with Gasteiger partial charge in [0.1, 0.15) is 5.82 Å². The second kappa shape index (κ2) is 3.66. The molecule has 1 heterocycles. The fourth-order valence-electron chi connectivity index (χ4n) is 1.50. The fraction of sp³-hybridized carbons (Fsp3) is 0.182. The van der Waals surface area contributed by atoms with Crippen LogP contribution in [0.25, 0.3) is 10.8 Å². The number of aromatic nitrogens is 1. The highest BCUT2D eigenvalue weighted by Gasteiger charge is 2.10. The van der Waals surface area contributed by atoms with E-state index in [2.05, 4.69) is 4.98 Å². The topological polar surface area (TPSA) is 22.1 Å². The van der Waals surface area contributed by atoms with Gasteiger partial charge in [-0.3, -0.25) is 0 Å². The van der Waals surface area contributed by atoms with Crippen molar-refractivity contribution in [3.8, 4) is 5.88 Å². The molecule has 0 aliphatic rings. The van der Waals surface area contributed by atoms with Crippen LogP contribution in [0.2, 0.25) is 5.02 Å². The van der Waals surface area contributed by atoms with E-state index in [1.807, 2.05) is 0 Å². The SMILES string of the molecule is COc1nc(C)c(Cl)c2ccc(F)cc12. The molecule has 0 bridgehead atoms. The summed E-state index contributed by atoms with van der Waals surface area (Å²) in [6.45, 7) is 1.79. The van der Waals surface area contributed by atoms with E-state index in [0.717, 1.165) is 5.39 Å². The summed E-state index contributed by atoms with van der Waals surface area (Å²) in [4.78, 5) is 4.14. The van der Waals surface area contributed by atoms with E-state index in [1.54, 1.807) is 13.0 Å². The minimum atomic E-state index is -0.331. The van der Waals surface area contributed by atoms with Crippen LogP contribution < -0.4 is 4.74 Å². The Bertz CT molecular complexity index is 527. The van der Waals surface area contributed by atoms with E-state index in [4.69, 9.17) is 16.3 Å². The van der Waals surface area contributed by atoms with Crippen LogP contribution in [0.15, 0.2) is 18.2 Å². The van der Waals surface area contributed by atoms with Crippen LogP contribution in [-0.4, -0.2) is 12.1 Å². The number of aryl methyl sites for hydroxylation is 1. The smallest absolute Gasteiger partial charge is 0.221 e. The quantitative estimate of drug-likeness (QED) is 0.743. The number of benzene rings is 1. The molecule has 0 fully saturated rings. The van der Waals surface area contributed by atoms with E-state index in [9.17, 15) is 4.39 Å². The van der Waals surface area contributed by atoms with Crippen molar-refractivity contribution < 1.29 is 9.13 Å². The number of halogens is 2. The normalized spacial score (nSPS) is 10.7. The van der Waals surface area contributed by atoms with Gasteiger partial charge in [-0.05, 0) is 25.1 Å². The summed E-state index contributed by atoms with van der Waals surface area (Å²) in [5.74, 6) is 0.0638. The van der Waals surface area contributed by atoms with Crippen molar-refractivity contribution in [1.29, 1.82) is 0 Å². The van der Waals surface area contributed by atoms with Gasteiger partial charge in [0.25, 0.3) is 0 Å². The van der Waals surface area contributed by atoms with E-state index in [-0.39, 0.29) is 5.82 Å². The van der Waals surface area contributed by atoms with Gasteiger partial charge in [-0.1, -0.05) is 11.6 Å². The Morgan fingerprint density at radius 3 is 2.73 bits per heavy atom. The molecule has 1 aromatic heterocycles. The van der Waals surface area contributed by atoms with Crippen LogP contribution in [0, 0.1) is 12.7 Å². The zero-order chi connectivity index (χ0) is 11.0. The predicted molar refractivity (Wildman–Crippen MR) is 58.0 cm³/mol. The molecule has 0 spiro atoms. The summed E-state index contributed by atoms with van der Waals surface area (Å²) in [5, 5.41) is 1.88. The maximum Gasteiger partial charge on any atom is 0.221 e. The molecule has 78 valence electrons. The molecule has 0 atom stereocenters. The molecule has 2 rings (SSSR count). The molecule has 0 unspecified atom stereocenters. The van der Waals surface area contributed by atoms with Gasteiger partial charge in [0.05, 0.1) is 17.8 Å². The highest BCUT2D eigenvalue weighted by molar-refractivity contribution is 6.36. The highest BCUT2D eigenvalue weighted by atomic mass is 35.5. The molecule has 0 radical (unpaired) electrons. The first-order valence-electron chi connectivity index (χ1n) is 4.43. The second-order valence-corrected chi connectivity index (χ2v) is 3.59. The third-order valence-electron chi connectivity index (χ3n) is 2.23. The molecule has 0 aliphatic heterocycles. The van der Waals surface area contributed by atoms with Gasteiger partial charge in [0, 0.05) is 10.8 Å². The molecule has 0 aliphatic carbocycles. The summed E-state index contributed by atoms with van der Waals surface area (Å²) >= 11 is 6.07. The molecule has 15 heavy (non-hydrogen) atoms. The van der Waals surface area contributed by atoms with Gasteiger partial charge in [-0.15, -0.1) is 0 Å². The lowest BCUT2D eigenvalue weighted by molar-refractivity contribution is 0.402. The van der Waals surface area contributed by atoms with Crippen LogP contribution in [0.5, 0.6) is 5.88 Å². The Balaban J connectivity index is 2.90. The molecule has 0 saturated heterocycles. The van der Waals surface area contributed by atoms with Gasteiger partial charge in [-0.2, -0.15) is 0 Å². The van der Waals surface area contributed by atoms with Crippen molar-refractivity contribution in [3.63, 3.8) is 0 Å². The lowest BCUT2D eigenvalue weighted by Crippen LogP contribution is -1.93. The van der Waals surface area contributed by atoms with Crippen LogP contribution in [0.1, 0.15) is 5.69 Å². The largest absolute Gasteiger partial charge is 0.481 e. The number of methoxy groups -OCH3 is 1. The first-order valence-corrected chi connectivity index (χ1v) is 4.80. The molecule has 0 saturated carbocycles. The summed E-state index contributed by atoms with van der Waals surface area (Å²) in [5.41, 5.74) is 0.674. The number of ether oxygens (including phenoxy) is 1. The maximum atomic E-state index is 13.1. The minimum absolute atomic E-state index is 0.331. The highest BCUT2D eigenvalue weighted by Crippen LogP contribution is 2.31. The Kier molecular flexibility index (Phi) is 2.49. The van der Waals surface area contributed by atoms with Crippen LogP contribution >= 0.6 is 11.6 Å².